The van der Waals surface area contributed by atoms with Gasteiger partial charge in [0, 0.05) is 36.6 Å². The van der Waals surface area contributed by atoms with Crippen LogP contribution in [-0.2, 0) is 38.3 Å². The highest BCUT2D eigenvalue weighted by molar-refractivity contribution is 6.01. The Bertz CT molecular complexity index is 1530. The van der Waals surface area contributed by atoms with Gasteiger partial charge in [-0.25, -0.2) is 9.59 Å². The number of nitrogens with zero attached hydrogens (tertiary/aromatic N) is 4. The van der Waals surface area contributed by atoms with Crippen LogP contribution in [0.15, 0.2) is 53.6 Å². The summed E-state index contributed by atoms with van der Waals surface area (Å²) in [4.78, 5) is 80.3. The van der Waals surface area contributed by atoms with E-state index in [1.54, 1.807) is 0 Å². The number of ketones is 1. The molecule has 1 heterocycles. The summed E-state index contributed by atoms with van der Waals surface area (Å²) in [6.45, 7) is 0.633. The maximum absolute atomic E-state index is 13.2. The fourth-order valence-corrected chi connectivity index (χ4v) is 6.05. The number of hydrogen-bond acceptors (Lipinski definition) is 10. The Morgan fingerprint density at radius 1 is 0.800 bits per heavy atom. The second kappa shape index (κ2) is 19.7. The molecule has 2 aromatic carbocycles. The van der Waals surface area contributed by atoms with Gasteiger partial charge in [-0.15, -0.1) is 5.06 Å². The molecule has 0 spiro atoms. The van der Waals surface area contributed by atoms with E-state index in [0.717, 1.165) is 41.5 Å². The van der Waals surface area contributed by atoms with Crippen LogP contribution >= 0.6 is 0 Å². The Morgan fingerprint density at radius 2 is 1.42 bits per heavy atom. The van der Waals surface area contributed by atoms with E-state index in [1.165, 1.54) is 0 Å². The molecule has 3 amide bonds. The van der Waals surface area contributed by atoms with Crippen LogP contribution < -0.4 is 5.32 Å². The van der Waals surface area contributed by atoms with Gasteiger partial charge >= 0.3 is 18.0 Å². The van der Waals surface area contributed by atoms with Crippen LogP contribution in [0.3, 0.4) is 0 Å². The van der Waals surface area contributed by atoms with E-state index in [-0.39, 0.29) is 57.0 Å². The Labute approximate surface area is 290 Å². The number of imide groups is 1. The molecule has 1 aliphatic heterocycles. The number of esters is 1. The van der Waals surface area contributed by atoms with E-state index in [0.29, 0.717) is 43.7 Å². The first-order valence-electron chi connectivity index (χ1n) is 17.2. The summed E-state index contributed by atoms with van der Waals surface area (Å²) in [7, 11) is 0. The molecular weight excluding hydrogens is 646 g/mol. The van der Waals surface area contributed by atoms with Gasteiger partial charge in [0.25, 0.3) is 11.8 Å². The smallest absolute Gasteiger partial charge is 0.407 e. The fraction of sp³-hybridized carbons (Fsp3) is 0.500. The van der Waals surface area contributed by atoms with E-state index >= 15 is 0 Å². The first kappa shape index (κ1) is 37.6. The summed E-state index contributed by atoms with van der Waals surface area (Å²) in [5, 5.41) is 6.75. The zero-order valence-electron chi connectivity index (χ0n) is 28.1. The van der Waals surface area contributed by atoms with Crippen LogP contribution in [0.2, 0.25) is 0 Å². The van der Waals surface area contributed by atoms with Crippen molar-refractivity contribution < 1.29 is 43.1 Å². The van der Waals surface area contributed by atoms with Gasteiger partial charge in [0.1, 0.15) is 6.61 Å². The molecule has 14 nitrogen and oxygen atoms in total. The normalized spacial score (nSPS) is 14.0. The Hall–Kier alpha value is -5.23. The highest BCUT2D eigenvalue weighted by Crippen LogP contribution is 2.44. The van der Waals surface area contributed by atoms with E-state index in [9.17, 15) is 28.8 Å². The van der Waals surface area contributed by atoms with Crippen molar-refractivity contribution in [2.45, 2.75) is 95.4 Å². The molecule has 266 valence electrons. The number of Topliss-reactive ketones (excluding diaryl/α,β-unsaturated/α-hetero) is 1. The minimum atomic E-state index is -0.857. The van der Waals surface area contributed by atoms with E-state index in [2.05, 4.69) is 27.5 Å². The topological polar surface area (TPSA) is 194 Å². The highest BCUT2D eigenvalue weighted by Gasteiger charge is 2.33. The molecule has 0 aromatic heterocycles. The molecule has 50 heavy (non-hydrogen) atoms. The summed E-state index contributed by atoms with van der Waals surface area (Å²) < 4.78 is 10.8. The van der Waals surface area contributed by atoms with E-state index < -0.39 is 35.9 Å². The number of carbonyl (C=O) groups is 6. The number of carbonyl (C=O) groups excluding carboxylic acids is 6. The lowest BCUT2D eigenvalue weighted by molar-refractivity contribution is -0.197. The van der Waals surface area contributed by atoms with Crippen molar-refractivity contribution in [2.24, 2.45) is 5.11 Å². The average molecular weight is 690 g/mol. The number of benzene rings is 2. The Balaban J connectivity index is 1.12. The lowest BCUT2D eigenvalue weighted by Crippen LogP contribution is -2.41. The van der Waals surface area contributed by atoms with Crippen LogP contribution in [-0.4, -0.2) is 66.5 Å². The predicted octanol–water partition coefficient (Wildman–Crippen LogP) is 6.21. The van der Waals surface area contributed by atoms with Crippen LogP contribution in [0.25, 0.3) is 21.6 Å². The van der Waals surface area contributed by atoms with Crippen LogP contribution in [0.5, 0.6) is 0 Å². The number of azide groups is 1. The molecule has 2 aromatic rings. The summed E-state index contributed by atoms with van der Waals surface area (Å²) >= 11 is 0. The third kappa shape index (κ3) is 11.2. The van der Waals surface area contributed by atoms with Gasteiger partial charge in [0.2, 0.25) is 0 Å². The predicted molar refractivity (Wildman–Crippen MR) is 180 cm³/mol. The van der Waals surface area contributed by atoms with E-state index in [1.807, 2.05) is 36.4 Å². The molecule has 0 saturated carbocycles. The van der Waals surface area contributed by atoms with Crippen molar-refractivity contribution in [1.82, 2.24) is 10.4 Å². The van der Waals surface area contributed by atoms with Crippen LogP contribution in [0, 0.1) is 0 Å². The zero-order chi connectivity index (χ0) is 35.7. The third-order valence-electron chi connectivity index (χ3n) is 8.65. The maximum atomic E-state index is 13.2. The standard InChI is InChI=1S/C36H43N5O9/c37-40-38-22-10-9-16-30(39-36(47)49-24-29-27-14-7-5-12-25(27)26-13-6-8-15-28(26)29)31(42)17-4-2-1-3-11-23-48-34(45)20-21-35(46)50-41-32(43)18-19-33(41)44/h5-8,12-15,29-30H,1-4,9-11,16-24H2,(H,39,47). The number of unbranched alkanes of at least 4 members (excludes halogenated alkanes) is 5. The molecule has 0 radical (unpaired) electrons. The molecule has 14 heteroatoms. The molecular formula is C36H43N5O9. The second-order valence-corrected chi connectivity index (χ2v) is 12.2. The minimum absolute atomic E-state index is 0.00684. The summed E-state index contributed by atoms with van der Waals surface area (Å²) in [5.74, 6) is -2.80. The minimum Gasteiger partial charge on any atom is -0.466 e. The molecule has 4 rings (SSSR count). The van der Waals surface area contributed by atoms with Crippen molar-refractivity contribution in [3.8, 4) is 11.1 Å². The molecule has 1 fully saturated rings. The number of hydrogen-bond donors (Lipinski definition) is 1. The average Bonchev–Trinajstić information content (AvgIpc) is 3.61. The van der Waals surface area contributed by atoms with Crippen molar-refractivity contribution in [3.05, 3.63) is 70.1 Å². The molecule has 1 aliphatic carbocycles. The molecule has 0 bridgehead atoms. The summed E-state index contributed by atoms with van der Waals surface area (Å²) in [6.07, 6.45) is 4.26. The molecule has 1 N–H and O–H groups in total. The van der Waals surface area contributed by atoms with Gasteiger partial charge in [-0.2, -0.15) is 0 Å². The monoisotopic (exact) mass is 689 g/mol. The lowest BCUT2D eigenvalue weighted by Gasteiger charge is -2.19. The Kier molecular flexibility index (Phi) is 14.8. The third-order valence-corrected chi connectivity index (χ3v) is 8.65. The van der Waals surface area contributed by atoms with Crippen molar-refractivity contribution in [2.75, 3.05) is 19.8 Å². The molecule has 1 unspecified atom stereocenters. The lowest BCUT2D eigenvalue weighted by atomic mass is 9.98. The van der Waals surface area contributed by atoms with Crippen molar-refractivity contribution in [1.29, 1.82) is 0 Å². The van der Waals surface area contributed by atoms with E-state index in [4.69, 9.17) is 19.8 Å². The number of hydroxylamine groups is 2. The van der Waals surface area contributed by atoms with Gasteiger partial charge in [0.15, 0.2) is 5.78 Å². The first-order valence-corrected chi connectivity index (χ1v) is 17.2. The number of ether oxygens (including phenoxy) is 2. The van der Waals surface area contributed by atoms with Gasteiger partial charge in [0.05, 0.1) is 25.5 Å². The number of nitrogens with one attached hydrogen (secondary N) is 1. The van der Waals surface area contributed by atoms with Gasteiger partial charge in [-0.3, -0.25) is 19.2 Å². The van der Waals surface area contributed by atoms with Crippen LogP contribution in [0.4, 0.5) is 4.79 Å². The van der Waals surface area contributed by atoms with Gasteiger partial charge in [-0.05, 0) is 53.5 Å². The molecule has 1 atom stereocenters. The zero-order valence-corrected chi connectivity index (χ0v) is 28.1. The molecule has 1 saturated heterocycles. The Morgan fingerprint density at radius 3 is 2.10 bits per heavy atom. The second-order valence-electron chi connectivity index (χ2n) is 12.2. The quantitative estimate of drug-likeness (QED) is 0.0396. The van der Waals surface area contributed by atoms with Gasteiger partial charge < -0.3 is 19.6 Å². The number of amides is 3. The summed E-state index contributed by atoms with van der Waals surface area (Å²) in [6, 6.07) is 15.4. The van der Waals surface area contributed by atoms with Crippen LogP contribution in [0.1, 0.15) is 101 Å². The van der Waals surface area contributed by atoms with Gasteiger partial charge in [-0.1, -0.05) is 79.3 Å². The molecule has 2 aliphatic rings. The number of alkyl carbamates (subject to hydrolysis) is 1. The first-order chi connectivity index (χ1) is 24.3. The maximum Gasteiger partial charge on any atom is 0.407 e. The number of rotatable bonds is 21. The van der Waals surface area contributed by atoms with Crippen molar-refractivity contribution >= 4 is 35.6 Å². The van der Waals surface area contributed by atoms with Crippen molar-refractivity contribution in [3.63, 3.8) is 0 Å². The number of fused-ring (bicyclic) bond motifs is 3. The largest absolute Gasteiger partial charge is 0.466 e. The SMILES string of the molecule is [N-]=[N+]=NCCCCC(NC(=O)OCC1c2ccccc2-c2ccccc21)C(=O)CCCCCCCOC(=O)CCC(=O)ON1C(=O)CCC1=O. The highest BCUT2D eigenvalue weighted by atomic mass is 16.7. The summed E-state index contributed by atoms with van der Waals surface area (Å²) in [5.41, 5.74) is 13.0. The fourth-order valence-electron chi connectivity index (χ4n) is 6.05.